The molecule has 1 aromatic heterocycles. The third kappa shape index (κ3) is 4.73. The Labute approximate surface area is 99.1 Å². The number of nitrogens with zero attached hydrogens (tertiary/aromatic N) is 1. The van der Waals surface area contributed by atoms with Gasteiger partial charge in [0.1, 0.15) is 0 Å². The second kappa shape index (κ2) is 5.58. The van der Waals surface area contributed by atoms with Crippen molar-refractivity contribution in [1.82, 2.24) is 10.3 Å². The predicted molar refractivity (Wildman–Crippen MR) is 64.8 cm³/mol. The minimum absolute atomic E-state index is 0.585. The first-order valence-corrected chi connectivity index (χ1v) is 5.80. The lowest BCUT2D eigenvalue weighted by Gasteiger charge is -2.22. The summed E-state index contributed by atoms with van der Waals surface area (Å²) in [5.74, 6) is 0. The molecule has 3 nitrogen and oxygen atoms in total. The minimum atomic E-state index is -0.691. The second-order valence-corrected chi connectivity index (χ2v) is 4.91. The summed E-state index contributed by atoms with van der Waals surface area (Å²) in [7, 11) is 1.88. The van der Waals surface area contributed by atoms with Crippen LogP contribution in [0.5, 0.6) is 0 Å². The van der Waals surface area contributed by atoms with Crippen molar-refractivity contribution in [3.63, 3.8) is 0 Å². The Balaban J connectivity index is 2.56. The molecule has 84 valence electrons. The number of halogens is 1. The maximum atomic E-state index is 10.1. The fraction of sp³-hybridized carbons (Fsp3) is 0.545. The van der Waals surface area contributed by atoms with Gasteiger partial charge in [0, 0.05) is 22.8 Å². The first-order chi connectivity index (χ1) is 7.03. The van der Waals surface area contributed by atoms with Crippen molar-refractivity contribution in [2.24, 2.45) is 0 Å². The highest BCUT2D eigenvalue weighted by Crippen LogP contribution is 2.16. The molecule has 0 aromatic carbocycles. The number of hydrogen-bond acceptors (Lipinski definition) is 3. The van der Waals surface area contributed by atoms with E-state index in [1.807, 2.05) is 26.1 Å². The van der Waals surface area contributed by atoms with Crippen molar-refractivity contribution >= 4 is 15.9 Å². The van der Waals surface area contributed by atoms with Crippen LogP contribution in [0, 0.1) is 0 Å². The lowest BCUT2D eigenvalue weighted by atomic mass is 9.96. The van der Waals surface area contributed by atoms with Crippen molar-refractivity contribution in [2.75, 3.05) is 13.6 Å². The van der Waals surface area contributed by atoms with Gasteiger partial charge in [0.25, 0.3) is 0 Å². The van der Waals surface area contributed by atoms with E-state index in [2.05, 4.69) is 26.2 Å². The molecule has 1 heterocycles. The van der Waals surface area contributed by atoms with Gasteiger partial charge in [-0.2, -0.15) is 0 Å². The van der Waals surface area contributed by atoms with Gasteiger partial charge in [-0.25, -0.2) is 0 Å². The lowest BCUT2D eigenvalue weighted by Crippen LogP contribution is -2.31. The Morgan fingerprint density at radius 3 is 2.80 bits per heavy atom. The average Bonchev–Trinajstić information content (AvgIpc) is 2.18. The molecule has 0 bridgehead atoms. The van der Waals surface area contributed by atoms with Gasteiger partial charge in [-0.3, -0.25) is 4.98 Å². The molecule has 15 heavy (non-hydrogen) atoms. The molecular formula is C11H17BrN2O. The molecule has 0 amide bonds. The van der Waals surface area contributed by atoms with Crippen molar-refractivity contribution in [3.8, 4) is 0 Å². The lowest BCUT2D eigenvalue weighted by molar-refractivity contribution is 0.0511. The molecule has 0 saturated carbocycles. The van der Waals surface area contributed by atoms with E-state index < -0.39 is 5.60 Å². The van der Waals surface area contributed by atoms with Crippen LogP contribution in [0.15, 0.2) is 22.8 Å². The predicted octanol–water partition coefficient (Wildman–Crippen LogP) is 1.75. The molecule has 2 N–H and O–H groups in total. The largest absolute Gasteiger partial charge is 0.390 e. The number of rotatable bonds is 5. The maximum absolute atomic E-state index is 10.1. The molecule has 0 fully saturated rings. The molecule has 0 aliphatic carbocycles. The van der Waals surface area contributed by atoms with E-state index in [-0.39, 0.29) is 0 Å². The third-order valence-electron chi connectivity index (χ3n) is 2.26. The van der Waals surface area contributed by atoms with Gasteiger partial charge in [-0.15, -0.1) is 0 Å². The van der Waals surface area contributed by atoms with E-state index in [1.165, 1.54) is 0 Å². The third-order valence-corrected chi connectivity index (χ3v) is 2.73. The monoisotopic (exact) mass is 272 g/mol. The highest BCUT2D eigenvalue weighted by Gasteiger charge is 2.20. The summed E-state index contributed by atoms with van der Waals surface area (Å²) in [6.45, 7) is 2.65. The quantitative estimate of drug-likeness (QED) is 0.859. The second-order valence-electron chi connectivity index (χ2n) is 4.00. The van der Waals surface area contributed by atoms with Crippen LogP contribution < -0.4 is 5.32 Å². The summed E-state index contributed by atoms with van der Waals surface area (Å²) >= 11 is 3.33. The summed E-state index contributed by atoms with van der Waals surface area (Å²) in [5, 5.41) is 13.1. The minimum Gasteiger partial charge on any atom is -0.390 e. The zero-order valence-corrected chi connectivity index (χ0v) is 10.7. The molecule has 0 aliphatic heterocycles. The highest BCUT2D eigenvalue weighted by atomic mass is 79.9. The van der Waals surface area contributed by atoms with Gasteiger partial charge in [-0.1, -0.05) is 0 Å². The number of pyridine rings is 1. The van der Waals surface area contributed by atoms with Crippen LogP contribution in [0.3, 0.4) is 0 Å². The summed E-state index contributed by atoms with van der Waals surface area (Å²) in [6.07, 6.45) is 3.06. The van der Waals surface area contributed by atoms with Crippen molar-refractivity contribution in [2.45, 2.75) is 25.4 Å². The van der Waals surface area contributed by atoms with Gasteiger partial charge < -0.3 is 10.4 Å². The highest BCUT2D eigenvalue weighted by molar-refractivity contribution is 9.10. The van der Waals surface area contributed by atoms with Crippen LogP contribution in [0.25, 0.3) is 0 Å². The van der Waals surface area contributed by atoms with Gasteiger partial charge in [0.15, 0.2) is 0 Å². The van der Waals surface area contributed by atoms with E-state index in [0.29, 0.717) is 6.42 Å². The first-order valence-electron chi connectivity index (χ1n) is 5.01. The average molecular weight is 273 g/mol. The van der Waals surface area contributed by atoms with Gasteiger partial charge in [-0.05, 0) is 55.0 Å². The van der Waals surface area contributed by atoms with Crippen LogP contribution in [-0.4, -0.2) is 29.3 Å². The van der Waals surface area contributed by atoms with Gasteiger partial charge >= 0.3 is 0 Å². The molecule has 0 radical (unpaired) electrons. The van der Waals surface area contributed by atoms with Crippen LogP contribution in [0.4, 0.5) is 0 Å². The maximum Gasteiger partial charge on any atom is 0.0687 e. The summed E-state index contributed by atoms with van der Waals surface area (Å²) < 4.78 is 0.959. The van der Waals surface area contributed by atoms with Crippen LogP contribution in [-0.2, 0) is 6.42 Å². The zero-order valence-electron chi connectivity index (χ0n) is 9.13. The van der Waals surface area contributed by atoms with E-state index in [9.17, 15) is 5.11 Å². The molecule has 0 saturated heterocycles. The fourth-order valence-corrected chi connectivity index (χ4v) is 1.62. The Bertz CT molecular complexity index is 298. The van der Waals surface area contributed by atoms with E-state index >= 15 is 0 Å². The Morgan fingerprint density at radius 2 is 2.27 bits per heavy atom. The first kappa shape index (κ1) is 12.6. The topological polar surface area (TPSA) is 45.1 Å². The van der Waals surface area contributed by atoms with Crippen molar-refractivity contribution < 1.29 is 5.11 Å². The molecule has 1 unspecified atom stereocenters. The molecule has 0 spiro atoms. The van der Waals surface area contributed by atoms with Gasteiger partial charge in [0.05, 0.1) is 5.60 Å². The standard InChI is InChI=1S/C11H17BrN2O/c1-11(15,5-6-13-2)7-10-4-3-9(12)8-14-10/h3-4,8,13,15H,5-7H2,1-2H3. The Morgan fingerprint density at radius 1 is 1.53 bits per heavy atom. The van der Waals surface area contributed by atoms with E-state index in [0.717, 1.165) is 23.1 Å². The fourth-order valence-electron chi connectivity index (χ4n) is 1.38. The molecule has 1 atom stereocenters. The summed E-state index contributed by atoms with van der Waals surface area (Å²) in [4.78, 5) is 4.24. The van der Waals surface area contributed by atoms with Gasteiger partial charge in [0.2, 0.25) is 0 Å². The van der Waals surface area contributed by atoms with Crippen molar-refractivity contribution in [3.05, 3.63) is 28.5 Å². The molecule has 4 heteroatoms. The van der Waals surface area contributed by atoms with E-state index in [4.69, 9.17) is 0 Å². The Hall–Kier alpha value is -0.450. The summed E-state index contributed by atoms with van der Waals surface area (Å²) in [6, 6.07) is 3.87. The smallest absolute Gasteiger partial charge is 0.0687 e. The Kier molecular flexibility index (Phi) is 4.70. The molecule has 1 rings (SSSR count). The zero-order chi connectivity index (χ0) is 11.3. The number of aliphatic hydroxyl groups is 1. The van der Waals surface area contributed by atoms with Crippen LogP contribution in [0.2, 0.25) is 0 Å². The van der Waals surface area contributed by atoms with Crippen LogP contribution in [0.1, 0.15) is 19.0 Å². The molecule has 1 aromatic rings. The number of aromatic nitrogens is 1. The SMILES string of the molecule is CNCCC(C)(O)Cc1ccc(Br)cn1. The molecular weight excluding hydrogens is 256 g/mol. The van der Waals surface area contributed by atoms with Crippen molar-refractivity contribution in [1.29, 1.82) is 0 Å². The normalized spacial score (nSPS) is 14.9. The van der Waals surface area contributed by atoms with Crippen LogP contribution >= 0.6 is 15.9 Å². The number of hydrogen-bond donors (Lipinski definition) is 2. The van der Waals surface area contributed by atoms with E-state index in [1.54, 1.807) is 6.20 Å². The molecule has 0 aliphatic rings. The number of nitrogens with one attached hydrogen (secondary N) is 1. The summed E-state index contributed by atoms with van der Waals surface area (Å²) in [5.41, 5.74) is 0.225.